The molecule has 2 aromatic rings. The van der Waals surface area contributed by atoms with E-state index in [4.69, 9.17) is 0 Å². The lowest BCUT2D eigenvalue weighted by Crippen LogP contribution is -2.10. The number of anilines is 1. The van der Waals surface area contributed by atoms with E-state index in [-0.39, 0.29) is 30.4 Å². The van der Waals surface area contributed by atoms with Crippen LogP contribution in [0.1, 0.15) is 25.9 Å². The molecule has 2 aromatic carbocycles. The number of halogens is 6. The lowest BCUT2D eigenvalue weighted by Gasteiger charge is -2.13. The van der Waals surface area contributed by atoms with E-state index in [0.29, 0.717) is 11.6 Å². The third-order valence-electron chi connectivity index (χ3n) is 4.33. The van der Waals surface area contributed by atoms with Crippen molar-refractivity contribution in [1.29, 1.82) is 0 Å². The smallest absolute Gasteiger partial charge is 0.270 e. The molecule has 0 unspecified atom stereocenters. The molecule has 1 nitrogen and oxygen atoms in total. The number of alkyl halides is 2. The van der Waals surface area contributed by atoms with Gasteiger partial charge >= 0.3 is 0 Å². The summed E-state index contributed by atoms with van der Waals surface area (Å²) in [5.74, 6) is -7.41. The molecule has 0 heterocycles. The van der Waals surface area contributed by atoms with Gasteiger partial charge in [0.1, 0.15) is 11.6 Å². The molecule has 0 amide bonds. The van der Waals surface area contributed by atoms with Crippen LogP contribution in [0.15, 0.2) is 54.6 Å². The Balaban J connectivity index is 0.00000300. The minimum Gasteiger partial charge on any atom is -0.355 e. The lowest BCUT2D eigenvalue weighted by molar-refractivity contribution is 0.0677. The molecule has 148 valence electrons. The fraction of sp³-hybridized carbons (Fsp3) is 0.143. The molecule has 0 saturated carbocycles. The highest BCUT2D eigenvalue weighted by Crippen LogP contribution is 2.36. The molecule has 0 radical (unpaired) electrons. The standard InChI is InChI=1S/C21H15F6N.H2/c1-11(19-16(22)7-8-17(23)20(19)25)28-14-5-6-15(18(24)10-14)12-3-4-13(9-12)21(2,26)27;/h4-10,28H,1,3H2,2H3;1H. The lowest BCUT2D eigenvalue weighted by atomic mass is 10.0. The second kappa shape index (κ2) is 7.22. The number of benzene rings is 2. The van der Waals surface area contributed by atoms with Gasteiger partial charge < -0.3 is 5.32 Å². The van der Waals surface area contributed by atoms with Crippen LogP contribution in [0.3, 0.4) is 0 Å². The van der Waals surface area contributed by atoms with Crippen LogP contribution in [0.2, 0.25) is 0 Å². The molecule has 7 heteroatoms. The van der Waals surface area contributed by atoms with Gasteiger partial charge in [0.15, 0.2) is 11.6 Å². The fourth-order valence-electron chi connectivity index (χ4n) is 2.91. The predicted molar refractivity (Wildman–Crippen MR) is 98.8 cm³/mol. The summed E-state index contributed by atoms with van der Waals surface area (Å²) in [7, 11) is 0. The number of nitrogens with one attached hydrogen (secondary N) is 1. The Hall–Kier alpha value is -2.96. The molecule has 1 N–H and O–H groups in total. The molecule has 0 saturated heterocycles. The molecular formula is C21H17F6N. The summed E-state index contributed by atoms with van der Waals surface area (Å²) < 4.78 is 82.2. The van der Waals surface area contributed by atoms with E-state index >= 15 is 0 Å². The van der Waals surface area contributed by atoms with Crippen molar-refractivity contribution >= 4 is 17.0 Å². The predicted octanol–water partition coefficient (Wildman–Crippen LogP) is 6.94. The second-order valence-electron chi connectivity index (χ2n) is 6.44. The molecule has 3 rings (SSSR count). The minimum absolute atomic E-state index is 0. The second-order valence-corrected chi connectivity index (χ2v) is 6.44. The number of rotatable bonds is 5. The SMILES string of the molecule is C=C(Nc1ccc(C2=CC(C(C)(F)F)=CC2)c(F)c1)c1c(F)ccc(F)c1F.[HH]. The van der Waals surface area contributed by atoms with Gasteiger partial charge in [-0.15, -0.1) is 0 Å². The largest absolute Gasteiger partial charge is 0.355 e. The molecule has 0 bridgehead atoms. The normalized spacial score (nSPS) is 14.0. The van der Waals surface area contributed by atoms with Crippen LogP contribution in [-0.4, -0.2) is 5.92 Å². The maximum Gasteiger partial charge on any atom is 0.270 e. The molecule has 0 atom stereocenters. The zero-order valence-corrected chi connectivity index (χ0v) is 14.7. The van der Waals surface area contributed by atoms with Crippen molar-refractivity contribution in [3.63, 3.8) is 0 Å². The van der Waals surface area contributed by atoms with Crippen LogP contribution < -0.4 is 5.32 Å². The van der Waals surface area contributed by atoms with Gasteiger partial charge in [0.05, 0.1) is 5.56 Å². The third-order valence-corrected chi connectivity index (χ3v) is 4.33. The Morgan fingerprint density at radius 3 is 2.32 bits per heavy atom. The van der Waals surface area contributed by atoms with Crippen molar-refractivity contribution in [2.45, 2.75) is 19.3 Å². The van der Waals surface area contributed by atoms with Crippen LogP contribution in [0, 0.1) is 23.3 Å². The summed E-state index contributed by atoms with van der Waals surface area (Å²) in [5.41, 5.74) is -0.536. The van der Waals surface area contributed by atoms with Crippen molar-refractivity contribution in [1.82, 2.24) is 0 Å². The summed E-state index contributed by atoms with van der Waals surface area (Å²) in [6.45, 7) is 4.23. The summed E-state index contributed by atoms with van der Waals surface area (Å²) >= 11 is 0. The molecule has 0 spiro atoms. The summed E-state index contributed by atoms with van der Waals surface area (Å²) in [5, 5.41) is 2.53. The van der Waals surface area contributed by atoms with Crippen LogP contribution in [0.5, 0.6) is 0 Å². The molecule has 0 fully saturated rings. The Morgan fingerprint density at radius 2 is 1.71 bits per heavy atom. The monoisotopic (exact) mass is 397 g/mol. The van der Waals surface area contributed by atoms with Gasteiger partial charge in [-0.2, -0.15) is 0 Å². The summed E-state index contributed by atoms with van der Waals surface area (Å²) in [6.07, 6.45) is 2.73. The first-order valence-electron chi connectivity index (χ1n) is 8.26. The zero-order valence-electron chi connectivity index (χ0n) is 14.7. The van der Waals surface area contributed by atoms with E-state index in [1.807, 2.05) is 0 Å². The van der Waals surface area contributed by atoms with E-state index in [1.165, 1.54) is 24.3 Å². The quantitative estimate of drug-likeness (QED) is 0.426. The van der Waals surface area contributed by atoms with Crippen LogP contribution in [0.25, 0.3) is 11.3 Å². The summed E-state index contributed by atoms with van der Waals surface area (Å²) in [6, 6.07) is 5.21. The molecule has 0 aromatic heterocycles. The first-order valence-corrected chi connectivity index (χ1v) is 8.26. The van der Waals surface area contributed by atoms with E-state index in [2.05, 4.69) is 11.9 Å². The first kappa shape index (κ1) is 19.8. The van der Waals surface area contributed by atoms with Crippen molar-refractivity contribution in [3.8, 4) is 0 Å². The number of allylic oxidation sites excluding steroid dienone is 4. The maximum absolute atomic E-state index is 14.5. The highest BCUT2D eigenvalue weighted by atomic mass is 19.3. The number of hydrogen-bond donors (Lipinski definition) is 1. The highest BCUT2D eigenvalue weighted by molar-refractivity contribution is 5.78. The Bertz CT molecular complexity index is 1020. The van der Waals surface area contributed by atoms with Gasteiger partial charge in [-0.05, 0) is 48.4 Å². The molecule has 1 aliphatic rings. The molecular weight excluding hydrogens is 380 g/mol. The van der Waals surface area contributed by atoms with E-state index < -0.39 is 34.8 Å². The molecule has 0 aliphatic heterocycles. The average Bonchev–Trinajstić information content (AvgIpc) is 3.09. The maximum atomic E-state index is 14.5. The van der Waals surface area contributed by atoms with Crippen LogP contribution in [-0.2, 0) is 0 Å². The van der Waals surface area contributed by atoms with Gasteiger partial charge in [-0.3, -0.25) is 0 Å². The Labute approximate surface area is 159 Å². The third kappa shape index (κ3) is 3.83. The number of hydrogen-bond acceptors (Lipinski definition) is 1. The zero-order chi connectivity index (χ0) is 20.6. The fourth-order valence-corrected chi connectivity index (χ4v) is 2.91. The van der Waals surface area contributed by atoms with E-state index in [9.17, 15) is 26.3 Å². The Morgan fingerprint density at radius 1 is 1.04 bits per heavy atom. The van der Waals surface area contributed by atoms with Crippen molar-refractivity contribution in [2.24, 2.45) is 0 Å². The van der Waals surface area contributed by atoms with Gasteiger partial charge in [-0.25, -0.2) is 26.3 Å². The molecule has 1 aliphatic carbocycles. The molecule has 28 heavy (non-hydrogen) atoms. The van der Waals surface area contributed by atoms with Gasteiger partial charge in [0.2, 0.25) is 0 Å². The van der Waals surface area contributed by atoms with Gasteiger partial charge in [-0.1, -0.05) is 12.7 Å². The van der Waals surface area contributed by atoms with Gasteiger partial charge in [0, 0.05) is 30.9 Å². The van der Waals surface area contributed by atoms with Crippen molar-refractivity contribution < 1.29 is 27.8 Å². The Kier molecular flexibility index (Phi) is 5.10. The van der Waals surface area contributed by atoms with E-state index in [0.717, 1.165) is 19.1 Å². The van der Waals surface area contributed by atoms with E-state index in [1.54, 1.807) is 0 Å². The first-order chi connectivity index (χ1) is 13.1. The average molecular weight is 397 g/mol. The summed E-state index contributed by atoms with van der Waals surface area (Å²) in [4.78, 5) is 0. The van der Waals surface area contributed by atoms with Crippen LogP contribution >= 0.6 is 0 Å². The highest BCUT2D eigenvalue weighted by Gasteiger charge is 2.29. The van der Waals surface area contributed by atoms with Crippen LogP contribution in [0.4, 0.5) is 32.0 Å². The topological polar surface area (TPSA) is 12.0 Å². The minimum atomic E-state index is -3.02. The van der Waals surface area contributed by atoms with Crippen molar-refractivity contribution in [3.05, 3.63) is 89.0 Å². The van der Waals surface area contributed by atoms with Crippen molar-refractivity contribution in [2.75, 3.05) is 5.32 Å². The van der Waals surface area contributed by atoms with Gasteiger partial charge in [0.25, 0.3) is 5.92 Å².